The fourth-order valence-electron chi connectivity index (χ4n) is 3.37. The lowest BCUT2D eigenvalue weighted by Crippen LogP contribution is -2.14. The minimum atomic E-state index is -1.10. The van der Waals surface area contributed by atoms with Crippen molar-refractivity contribution in [2.45, 2.75) is 6.23 Å². The monoisotopic (exact) mass is 406 g/mol. The number of aliphatic hydroxyl groups is 1. The van der Waals surface area contributed by atoms with E-state index in [9.17, 15) is 5.11 Å². The minimum absolute atomic E-state index is 0.378. The van der Waals surface area contributed by atoms with E-state index < -0.39 is 6.23 Å². The molecule has 30 heavy (non-hydrogen) atoms. The average molecular weight is 406 g/mol. The van der Waals surface area contributed by atoms with Crippen molar-refractivity contribution in [2.24, 2.45) is 5.10 Å². The van der Waals surface area contributed by atoms with Gasteiger partial charge >= 0.3 is 0 Å². The molecule has 0 saturated heterocycles. The van der Waals surface area contributed by atoms with Crippen LogP contribution in [-0.2, 0) is 0 Å². The quantitative estimate of drug-likeness (QED) is 0.271. The van der Waals surface area contributed by atoms with Gasteiger partial charge in [-0.1, -0.05) is 30.3 Å². The van der Waals surface area contributed by atoms with Gasteiger partial charge < -0.3 is 23.7 Å². The molecule has 0 fully saturated rings. The van der Waals surface area contributed by atoms with Gasteiger partial charge in [0.1, 0.15) is 5.58 Å². The summed E-state index contributed by atoms with van der Waals surface area (Å²) in [6, 6.07) is 17.3. The van der Waals surface area contributed by atoms with Crippen LogP contribution in [0.25, 0.3) is 21.7 Å². The highest BCUT2D eigenvalue weighted by Gasteiger charge is 2.15. The molecule has 0 aliphatic heterocycles. The molecule has 7 heteroatoms. The zero-order chi connectivity index (χ0) is 21.1. The lowest BCUT2D eigenvalue weighted by atomic mass is 10.1. The maximum atomic E-state index is 10.5. The van der Waals surface area contributed by atoms with Crippen molar-refractivity contribution in [3.63, 3.8) is 0 Å². The molecule has 1 heterocycles. The second kappa shape index (κ2) is 8.34. The zero-order valence-corrected chi connectivity index (χ0v) is 16.9. The second-order valence-corrected chi connectivity index (χ2v) is 6.60. The number of hydrogen-bond donors (Lipinski definition) is 2. The molecule has 4 rings (SSSR count). The Morgan fingerprint density at radius 1 is 0.933 bits per heavy atom. The predicted octanol–water partition coefficient (Wildman–Crippen LogP) is 4.23. The Balaban J connectivity index is 1.55. The van der Waals surface area contributed by atoms with Crippen LogP contribution in [0.15, 0.2) is 64.1 Å². The van der Waals surface area contributed by atoms with E-state index in [2.05, 4.69) is 10.5 Å². The van der Waals surface area contributed by atoms with Crippen molar-refractivity contribution < 1.29 is 23.7 Å². The molecule has 0 amide bonds. The molecule has 0 aliphatic rings. The van der Waals surface area contributed by atoms with Crippen LogP contribution in [0.4, 0.5) is 0 Å². The average Bonchev–Trinajstić information content (AvgIpc) is 3.23. The molecular weight excluding hydrogens is 384 g/mol. The summed E-state index contributed by atoms with van der Waals surface area (Å²) in [5.41, 5.74) is 4.09. The van der Waals surface area contributed by atoms with E-state index in [1.54, 1.807) is 39.7 Å². The van der Waals surface area contributed by atoms with Gasteiger partial charge in [-0.2, -0.15) is 5.10 Å². The summed E-state index contributed by atoms with van der Waals surface area (Å²) in [5.74, 6) is 1.91. The van der Waals surface area contributed by atoms with Gasteiger partial charge in [0.25, 0.3) is 0 Å². The first-order chi connectivity index (χ1) is 14.6. The molecule has 0 bridgehead atoms. The van der Waals surface area contributed by atoms with Crippen molar-refractivity contribution in [3.8, 4) is 17.2 Å². The van der Waals surface area contributed by atoms with E-state index in [4.69, 9.17) is 18.6 Å². The number of methoxy groups -OCH3 is 3. The molecule has 0 spiro atoms. The molecule has 3 aromatic carbocycles. The van der Waals surface area contributed by atoms with Crippen LogP contribution < -0.4 is 19.6 Å². The molecule has 1 unspecified atom stereocenters. The number of furan rings is 1. The van der Waals surface area contributed by atoms with Crippen LogP contribution in [0.2, 0.25) is 0 Å². The largest absolute Gasteiger partial charge is 0.493 e. The van der Waals surface area contributed by atoms with Gasteiger partial charge in [0.2, 0.25) is 5.75 Å². The van der Waals surface area contributed by atoms with Crippen LogP contribution in [-0.4, -0.2) is 32.7 Å². The maximum absolute atomic E-state index is 10.5. The standard InChI is InChI=1S/C23H22N2O5/c1-27-19-10-14(11-20(28-2)22(19)29-3)13-24-25-23(26)21-12-17-16-7-5-4-6-15(16)8-9-18(17)30-21/h4-13,23,25-26H,1-3H3/b24-13+. The lowest BCUT2D eigenvalue weighted by Gasteiger charge is -2.12. The summed E-state index contributed by atoms with van der Waals surface area (Å²) < 4.78 is 21.8. The van der Waals surface area contributed by atoms with Gasteiger partial charge in [-0.05, 0) is 35.0 Å². The number of rotatable bonds is 7. The first-order valence-electron chi connectivity index (χ1n) is 9.32. The molecule has 1 aromatic heterocycles. The van der Waals surface area contributed by atoms with Gasteiger partial charge in [0.15, 0.2) is 23.5 Å². The van der Waals surface area contributed by atoms with E-state index in [0.29, 0.717) is 34.2 Å². The molecule has 2 N–H and O–H groups in total. The number of ether oxygens (including phenoxy) is 3. The zero-order valence-electron chi connectivity index (χ0n) is 16.9. The van der Waals surface area contributed by atoms with Gasteiger partial charge in [-0.25, -0.2) is 0 Å². The van der Waals surface area contributed by atoms with Crippen LogP contribution in [0, 0.1) is 0 Å². The SMILES string of the molecule is COc1cc(/C=N/NC(O)c2cc3c(ccc4ccccc43)o2)cc(OC)c1OC. The maximum Gasteiger partial charge on any atom is 0.203 e. The first-order valence-corrected chi connectivity index (χ1v) is 9.32. The van der Waals surface area contributed by atoms with Crippen LogP contribution in [0.3, 0.4) is 0 Å². The van der Waals surface area contributed by atoms with Gasteiger partial charge in [0, 0.05) is 10.9 Å². The molecule has 4 aromatic rings. The van der Waals surface area contributed by atoms with Crippen molar-refractivity contribution in [3.05, 3.63) is 65.9 Å². The summed E-state index contributed by atoms with van der Waals surface area (Å²) in [7, 11) is 4.64. The molecular formula is C23H22N2O5. The summed E-state index contributed by atoms with van der Waals surface area (Å²) >= 11 is 0. The van der Waals surface area contributed by atoms with Crippen molar-refractivity contribution >= 4 is 28.0 Å². The number of hydrazone groups is 1. The van der Waals surface area contributed by atoms with E-state index in [-0.39, 0.29) is 0 Å². The third kappa shape index (κ3) is 3.62. The Morgan fingerprint density at radius 2 is 1.67 bits per heavy atom. The van der Waals surface area contributed by atoms with E-state index in [1.165, 1.54) is 0 Å². The molecule has 0 aliphatic carbocycles. The topological polar surface area (TPSA) is 85.5 Å². The number of aliphatic hydroxyl groups excluding tert-OH is 1. The van der Waals surface area contributed by atoms with Gasteiger partial charge in [-0.15, -0.1) is 0 Å². The normalized spacial score (nSPS) is 12.4. The van der Waals surface area contributed by atoms with Crippen molar-refractivity contribution in [2.75, 3.05) is 21.3 Å². The van der Waals surface area contributed by atoms with Crippen molar-refractivity contribution in [1.82, 2.24) is 5.43 Å². The first kappa shape index (κ1) is 19.6. The number of nitrogens with zero attached hydrogens (tertiary/aromatic N) is 1. The Kier molecular flexibility index (Phi) is 5.45. The molecule has 0 saturated carbocycles. The Bertz CT molecular complexity index is 1190. The van der Waals surface area contributed by atoms with Gasteiger partial charge in [0.05, 0.1) is 27.5 Å². The Hall–Kier alpha value is -3.71. The predicted molar refractivity (Wildman–Crippen MR) is 116 cm³/mol. The Morgan fingerprint density at radius 3 is 2.37 bits per heavy atom. The van der Waals surface area contributed by atoms with E-state index in [0.717, 1.165) is 16.2 Å². The van der Waals surface area contributed by atoms with Gasteiger partial charge in [-0.3, -0.25) is 5.43 Å². The highest BCUT2D eigenvalue weighted by molar-refractivity contribution is 6.05. The van der Waals surface area contributed by atoms with Crippen LogP contribution >= 0.6 is 0 Å². The number of fused-ring (bicyclic) bond motifs is 3. The third-order valence-electron chi connectivity index (χ3n) is 4.81. The fraction of sp³-hybridized carbons (Fsp3) is 0.174. The van der Waals surface area contributed by atoms with Crippen LogP contribution in [0.1, 0.15) is 17.6 Å². The fourth-order valence-corrected chi connectivity index (χ4v) is 3.37. The highest BCUT2D eigenvalue weighted by atomic mass is 16.5. The number of hydrogen-bond acceptors (Lipinski definition) is 7. The van der Waals surface area contributed by atoms with E-state index in [1.807, 2.05) is 42.5 Å². The summed E-state index contributed by atoms with van der Waals surface area (Å²) in [5, 5.41) is 17.7. The minimum Gasteiger partial charge on any atom is -0.493 e. The molecule has 0 radical (unpaired) electrons. The number of nitrogens with one attached hydrogen (secondary N) is 1. The molecule has 154 valence electrons. The Labute approximate surface area is 173 Å². The van der Waals surface area contributed by atoms with Crippen LogP contribution in [0.5, 0.6) is 17.2 Å². The lowest BCUT2D eigenvalue weighted by molar-refractivity contribution is 0.118. The summed E-state index contributed by atoms with van der Waals surface area (Å²) in [4.78, 5) is 0. The summed E-state index contributed by atoms with van der Waals surface area (Å²) in [6.07, 6.45) is 0.445. The van der Waals surface area contributed by atoms with E-state index >= 15 is 0 Å². The highest BCUT2D eigenvalue weighted by Crippen LogP contribution is 2.37. The third-order valence-corrected chi connectivity index (χ3v) is 4.81. The van der Waals surface area contributed by atoms with Crippen molar-refractivity contribution in [1.29, 1.82) is 0 Å². The smallest absolute Gasteiger partial charge is 0.203 e. The second-order valence-electron chi connectivity index (χ2n) is 6.60. The number of benzene rings is 3. The molecule has 7 nitrogen and oxygen atoms in total. The summed E-state index contributed by atoms with van der Waals surface area (Å²) in [6.45, 7) is 0. The molecule has 1 atom stereocenters.